The Morgan fingerprint density at radius 1 is 1.25 bits per heavy atom. The van der Waals surface area contributed by atoms with Crippen LogP contribution in [0.5, 0.6) is 5.75 Å². The Kier molecular flexibility index (Phi) is 8.07. The molecule has 2 unspecified atom stereocenters. The molecule has 0 radical (unpaired) electrons. The third-order valence-corrected chi connectivity index (χ3v) is 5.02. The van der Waals surface area contributed by atoms with Crippen LogP contribution in [0, 0.1) is 5.41 Å². The summed E-state index contributed by atoms with van der Waals surface area (Å²) in [7, 11) is 3.00. The first-order valence-corrected chi connectivity index (χ1v) is 10.4. The molecule has 1 aliphatic heterocycles. The van der Waals surface area contributed by atoms with E-state index < -0.39 is 24.0 Å². The number of likely N-dealkylation sites (N-methyl/N-ethyl adjacent to an activating group) is 1. The number of hydrogen-bond donors (Lipinski definition) is 3. The van der Waals surface area contributed by atoms with Crippen LogP contribution in [0.1, 0.15) is 33.6 Å². The summed E-state index contributed by atoms with van der Waals surface area (Å²) >= 11 is 0. The molecule has 32 heavy (non-hydrogen) atoms. The molecule has 0 saturated carbocycles. The van der Waals surface area contributed by atoms with Crippen LogP contribution in [0.4, 0.5) is 10.5 Å². The molecule has 10 nitrogen and oxygen atoms in total. The van der Waals surface area contributed by atoms with Crippen molar-refractivity contribution in [2.45, 2.75) is 45.7 Å². The van der Waals surface area contributed by atoms with Gasteiger partial charge >= 0.3 is 6.03 Å². The lowest BCUT2D eigenvalue weighted by Crippen LogP contribution is -2.49. The molecule has 176 valence electrons. The number of primary amides is 1. The van der Waals surface area contributed by atoms with Crippen molar-refractivity contribution in [2.75, 3.05) is 32.6 Å². The molecule has 1 aromatic rings. The number of methoxy groups -OCH3 is 1. The van der Waals surface area contributed by atoms with Gasteiger partial charge in [0.2, 0.25) is 17.7 Å². The van der Waals surface area contributed by atoms with Crippen LogP contribution in [0.25, 0.3) is 0 Å². The number of anilines is 1. The predicted molar refractivity (Wildman–Crippen MR) is 120 cm³/mol. The SMILES string of the molecule is COc1cccc(NC(=O)NC2CC(C(=O)N(C)CC(N)=O)N(C(=O)CC(C)(C)C)C2)c1. The fourth-order valence-electron chi connectivity index (χ4n) is 3.62. The van der Waals surface area contributed by atoms with Gasteiger partial charge in [-0.1, -0.05) is 26.8 Å². The zero-order valence-electron chi connectivity index (χ0n) is 19.3. The summed E-state index contributed by atoms with van der Waals surface area (Å²) < 4.78 is 5.15. The van der Waals surface area contributed by atoms with Crippen LogP contribution >= 0.6 is 0 Å². The quantitative estimate of drug-likeness (QED) is 0.577. The van der Waals surface area contributed by atoms with Gasteiger partial charge in [-0.25, -0.2) is 4.79 Å². The number of benzene rings is 1. The van der Waals surface area contributed by atoms with E-state index >= 15 is 0 Å². The lowest BCUT2D eigenvalue weighted by atomic mass is 9.91. The van der Waals surface area contributed by atoms with E-state index in [9.17, 15) is 19.2 Å². The van der Waals surface area contributed by atoms with Gasteiger partial charge in [0.05, 0.1) is 19.7 Å². The molecule has 4 N–H and O–H groups in total. The standard InChI is InChI=1S/C22H33N5O5/c1-22(2,3)11-19(29)27-12-15(10-17(27)20(30)26(4)13-18(23)28)25-21(31)24-14-7-6-8-16(9-14)32-5/h6-9,15,17H,10-13H2,1-5H3,(H2,23,28)(H2,24,25,31). The number of likely N-dealkylation sites (tertiary alicyclic amines) is 1. The average Bonchev–Trinajstić information content (AvgIpc) is 3.09. The largest absolute Gasteiger partial charge is 0.497 e. The maximum absolute atomic E-state index is 12.9. The summed E-state index contributed by atoms with van der Waals surface area (Å²) in [6.07, 6.45) is 0.488. The van der Waals surface area contributed by atoms with E-state index in [0.717, 1.165) is 0 Å². The number of nitrogens with one attached hydrogen (secondary N) is 2. The fourth-order valence-corrected chi connectivity index (χ4v) is 3.62. The fraction of sp³-hybridized carbons (Fsp3) is 0.545. The molecular weight excluding hydrogens is 414 g/mol. The van der Waals surface area contributed by atoms with Crippen LogP contribution in [-0.2, 0) is 14.4 Å². The Hall–Kier alpha value is -3.30. The number of hydrogen-bond acceptors (Lipinski definition) is 5. The van der Waals surface area contributed by atoms with E-state index in [-0.39, 0.29) is 43.2 Å². The van der Waals surface area contributed by atoms with Crippen LogP contribution in [-0.4, -0.2) is 72.9 Å². The van der Waals surface area contributed by atoms with E-state index in [4.69, 9.17) is 10.5 Å². The van der Waals surface area contributed by atoms with Gasteiger partial charge in [-0.2, -0.15) is 0 Å². The number of carbonyl (C=O) groups excluding carboxylic acids is 4. The van der Waals surface area contributed by atoms with Crippen LogP contribution in [0.2, 0.25) is 0 Å². The van der Waals surface area contributed by atoms with Crippen molar-refractivity contribution in [2.24, 2.45) is 11.1 Å². The van der Waals surface area contributed by atoms with Gasteiger partial charge in [0.1, 0.15) is 11.8 Å². The molecule has 10 heteroatoms. The second kappa shape index (κ2) is 10.3. The molecule has 1 aliphatic rings. The van der Waals surface area contributed by atoms with Gasteiger partial charge in [-0.15, -0.1) is 0 Å². The lowest BCUT2D eigenvalue weighted by molar-refractivity contribution is -0.144. The Morgan fingerprint density at radius 3 is 2.53 bits per heavy atom. The molecule has 2 atom stereocenters. The van der Waals surface area contributed by atoms with Crippen LogP contribution in [0.15, 0.2) is 24.3 Å². The summed E-state index contributed by atoms with van der Waals surface area (Å²) in [5.41, 5.74) is 5.49. The molecule has 1 saturated heterocycles. The highest BCUT2D eigenvalue weighted by molar-refractivity contribution is 5.92. The molecule has 1 fully saturated rings. The smallest absolute Gasteiger partial charge is 0.319 e. The minimum absolute atomic E-state index is 0.180. The first kappa shape index (κ1) is 25.0. The monoisotopic (exact) mass is 447 g/mol. The molecule has 0 aliphatic carbocycles. The highest BCUT2D eigenvalue weighted by Crippen LogP contribution is 2.26. The zero-order valence-corrected chi connectivity index (χ0v) is 19.3. The van der Waals surface area contributed by atoms with E-state index in [1.165, 1.54) is 24.0 Å². The van der Waals surface area contributed by atoms with Crippen molar-refractivity contribution in [1.82, 2.24) is 15.1 Å². The summed E-state index contributed by atoms with van der Waals surface area (Å²) in [4.78, 5) is 52.3. The maximum atomic E-state index is 12.9. The molecule has 0 aromatic heterocycles. The maximum Gasteiger partial charge on any atom is 0.319 e. The normalized spacial score (nSPS) is 18.1. The lowest BCUT2D eigenvalue weighted by Gasteiger charge is -2.29. The minimum atomic E-state index is -0.781. The number of rotatable bonds is 7. The van der Waals surface area contributed by atoms with Gasteiger partial charge in [0.15, 0.2) is 0 Å². The Morgan fingerprint density at radius 2 is 1.94 bits per heavy atom. The summed E-state index contributed by atoms with van der Waals surface area (Å²) in [5, 5.41) is 5.56. The van der Waals surface area contributed by atoms with E-state index in [1.807, 2.05) is 20.8 Å². The number of urea groups is 1. The third-order valence-electron chi connectivity index (χ3n) is 5.02. The molecule has 1 aromatic carbocycles. The Bertz CT molecular complexity index is 867. The summed E-state index contributed by atoms with van der Waals surface area (Å²) in [6, 6.07) is 5.25. The van der Waals surface area contributed by atoms with Gasteiger partial charge in [0, 0.05) is 31.8 Å². The van der Waals surface area contributed by atoms with Crippen molar-refractivity contribution in [3.8, 4) is 5.75 Å². The third kappa shape index (κ3) is 7.14. The van der Waals surface area contributed by atoms with Crippen molar-refractivity contribution >= 4 is 29.4 Å². The minimum Gasteiger partial charge on any atom is -0.497 e. The van der Waals surface area contributed by atoms with E-state index in [2.05, 4.69) is 10.6 Å². The highest BCUT2D eigenvalue weighted by Gasteiger charge is 2.42. The second-order valence-corrected chi connectivity index (χ2v) is 9.22. The first-order chi connectivity index (χ1) is 14.9. The van der Waals surface area contributed by atoms with Crippen molar-refractivity contribution in [3.63, 3.8) is 0 Å². The number of amides is 5. The molecular formula is C22H33N5O5. The van der Waals surface area contributed by atoms with Crippen LogP contribution < -0.4 is 21.1 Å². The Labute approximate surface area is 188 Å². The molecule has 0 bridgehead atoms. The molecule has 1 heterocycles. The van der Waals surface area contributed by atoms with E-state index in [1.54, 1.807) is 24.3 Å². The first-order valence-electron chi connectivity index (χ1n) is 10.4. The molecule has 0 spiro atoms. The van der Waals surface area contributed by atoms with E-state index in [0.29, 0.717) is 11.4 Å². The molecule has 5 amide bonds. The van der Waals surface area contributed by atoms with Gasteiger partial charge < -0.3 is 30.9 Å². The van der Waals surface area contributed by atoms with Crippen molar-refractivity contribution in [3.05, 3.63) is 24.3 Å². The summed E-state index contributed by atoms with van der Waals surface area (Å²) in [6.45, 7) is 5.77. The predicted octanol–water partition coefficient (Wildman–Crippen LogP) is 1.17. The topological polar surface area (TPSA) is 134 Å². The number of carbonyl (C=O) groups is 4. The highest BCUT2D eigenvalue weighted by atomic mass is 16.5. The zero-order chi connectivity index (χ0) is 24.1. The molecule has 2 rings (SSSR count). The summed E-state index contributed by atoms with van der Waals surface area (Å²) in [5.74, 6) is -0.603. The second-order valence-electron chi connectivity index (χ2n) is 9.22. The number of ether oxygens (including phenoxy) is 1. The van der Waals surface area contributed by atoms with Gasteiger partial charge in [0.25, 0.3) is 0 Å². The van der Waals surface area contributed by atoms with Crippen LogP contribution in [0.3, 0.4) is 0 Å². The van der Waals surface area contributed by atoms with Crippen molar-refractivity contribution in [1.29, 1.82) is 0 Å². The number of nitrogens with two attached hydrogens (primary N) is 1. The van der Waals surface area contributed by atoms with Gasteiger partial charge in [-0.3, -0.25) is 14.4 Å². The number of nitrogens with zero attached hydrogens (tertiary/aromatic N) is 2. The van der Waals surface area contributed by atoms with Crippen molar-refractivity contribution < 1.29 is 23.9 Å². The average molecular weight is 448 g/mol. The van der Waals surface area contributed by atoms with Gasteiger partial charge in [-0.05, 0) is 24.0 Å². The Balaban J connectivity index is 2.11.